The molecule has 2 aliphatic rings. The predicted octanol–water partition coefficient (Wildman–Crippen LogP) is 3.42. The van der Waals surface area contributed by atoms with Crippen LogP contribution < -0.4 is 5.32 Å². The van der Waals surface area contributed by atoms with E-state index in [2.05, 4.69) is 0 Å². The van der Waals surface area contributed by atoms with Crippen molar-refractivity contribution in [2.24, 2.45) is 0 Å². The van der Waals surface area contributed by atoms with E-state index in [4.69, 9.17) is 11.6 Å². The quantitative estimate of drug-likeness (QED) is 0.584. The number of alkyl halides is 3. The standard InChI is InChI=1S/C18H17ClF3N3O4/c19-10-6-7-13(12(8-10)18(20,21)22)23-14(26)9-24-15(27)16(28)25(17(24)29)11-4-2-1-3-5-11/h6-8,11H,1-5,9H2,(H,23,26). The fourth-order valence-electron chi connectivity index (χ4n) is 3.52. The summed E-state index contributed by atoms with van der Waals surface area (Å²) in [6, 6.07) is 1.45. The molecule has 1 saturated heterocycles. The highest BCUT2D eigenvalue weighted by atomic mass is 35.5. The average Bonchev–Trinajstić information content (AvgIpc) is 2.86. The average molecular weight is 432 g/mol. The molecule has 0 radical (unpaired) electrons. The van der Waals surface area contributed by atoms with Crippen molar-refractivity contribution in [3.05, 3.63) is 28.8 Å². The first-order valence-electron chi connectivity index (χ1n) is 8.95. The number of nitrogens with one attached hydrogen (secondary N) is 1. The van der Waals surface area contributed by atoms with Crippen LogP contribution in [0.4, 0.5) is 23.7 Å². The molecule has 1 aliphatic heterocycles. The lowest BCUT2D eigenvalue weighted by Crippen LogP contribution is -2.43. The minimum atomic E-state index is -4.78. The smallest absolute Gasteiger partial charge is 0.324 e. The zero-order chi connectivity index (χ0) is 21.3. The second-order valence-corrected chi connectivity index (χ2v) is 7.31. The second-order valence-electron chi connectivity index (χ2n) is 6.88. The maximum absolute atomic E-state index is 13.1. The first-order chi connectivity index (χ1) is 13.6. The fourth-order valence-corrected chi connectivity index (χ4v) is 3.69. The highest BCUT2D eigenvalue weighted by molar-refractivity contribution is 6.45. The lowest BCUT2D eigenvalue weighted by molar-refractivity contribution is -0.144. The Kier molecular flexibility index (Phi) is 5.83. The molecule has 0 spiro atoms. The Balaban J connectivity index is 1.73. The molecule has 29 heavy (non-hydrogen) atoms. The van der Waals surface area contributed by atoms with Gasteiger partial charge in [-0.05, 0) is 31.0 Å². The van der Waals surface area contributed by atoms with Gasteiger partial charge in [-0.15, -0.1) is 0 Å². The summed E-state index contributed by atoms with van der Waals surface area (Å²) in [5.41, 5.74) is -1.74. The van der Waals surface area contributed by atoms with E-state index in [1.165, 1.54) is 0 Å². The summed E-state index contributed by atoms with van der Waals surface area (Å²) in [6.07, 6.45) is -1.04. The summed E-state index contributed by atoms with van der Waals surface area (Å²) >= 11 is 5.59. The number of urea groups is 1. The van der Waals surface area contributed by atoms with E-state index in [0.29, 0.717) is 23.8 Å². The molecule has 1 aromatic rings. The lowest BCUT2D eigenvalue weighted by Gasteiger charge is -2.28. The van der Waals surface area contributed by atoms with E-state index in [1.54, 1.807) is 0 Å². The van der Waals surface area contributed by atoms with Crippen LogP contribution in [-0.4, -0.2) is 46.1 Å². The molecule has 0 aromatic heterocycles. The predicted molar refractivity (Wildman–Crippen MR) is 95.9 cm³/mol. The SMILES string of the molecule is O=C(CN1C(=O)C(=O)N(C2CCCCC2)C1=O)Nc1ccc(Cl)cc1C(F)(F)F. The Morgan fingerprint density at radius 1 is 1.10 bits per heavy atom. The largest absolute Gasteiger partial charge is 0.418 e. The number of hydrogen-bond acceptors (Lipinski definition) is 4. The normalized spacial score (nSPS) is 18.6. The molecule has 7 nitrogen and oxygen atoms in total. The Morgan fingerprint density at radius 3 is 2.38 bits per heavy atom. The van der Waals surface area contributed by atoms with E-state index in [9.17, 15) is 32.3 Å². The van der Waals surface area contributed by atoms with Crippen molar-refractivity contribution in [1.29, 1.82) is 0 Å². The Hall–Kier alpha value is -2.62. The lowest BCUT2D eigenvalue weighted by atomic mass is 9.94. The van der Waals surface area contributed by atoms with Crippen LogP contribution in [0.2, 0.25) is 5.02 Å². The van der Waals surface area contributed by atoms with Gasteiger partial charge in [-0.25, -0.2) is 9.69 Å². The maximum atomic E-state index is 13.1. The molecular weight excluding hydrogens is 415 g/mol. The third kappa shape index (κ3) is 4.36. The Bertz CT molecular complexity index is 868. The topological polar surface area (TPSA) is 86.8 Å². The number of anilines is 1. The van der Waals surface area contributed by atoms with Gasteiger partial charge in [0, 0.05) is 11.1 Å². The zero-order valence-corrected chi connectivity index (χ0v) is 15.8. The monoisotopic (exact) mass is 431 g/mol. The third-order valence-corrected chi connectivity index (χ3v) is 5.12. The van der Waals surface area contributed by atoms with Gasteiger partial charge in [0.25, 0.3) is 0 Å². The number of rotatable bonds is 4. The van der Waals surface area contributed by atoms with E-state index in [-0.39, 0.29) is 5.02 Å². The van der Waals surface area contributed by atoms with Gasteiger partial charge in [0.1, 0.15) is 6.54 Å². The molecule has 5 amide bonds. The van der Waals surface area contributed by atoms with Gasteiger partial charge < -0.3 is 5.32 Å². The number of benzene rings is 1. The highest BCUT2D eigenvalue weighted by Gasteiger charge is 2.48. The van der Waals surface area contributed by atoms with Crippen LogP contribution >= 0.6 is 11.6 Å². The van der Waals surface area contributed by atoms with Crippen LogP contribution in [0.15, 0.2) is 18.2 Å². The van der Waals surface area contributed by atoms with Crippen LogP contribution in [0.5, 0.6) is 0 Å². The number of carbonyl (C=O) groups excluding carboxylic acids is 4. The van der Waals surface area contributed by atoms with Crippen molar-refractivity contribution in [2.75, 3.05) is 11.9 Å². The van der Waals surface area contributed by atoms with Crippen molar-refractivity contribution in [3.8, 4) is 0 Å². The van der Waals surface area contributed by atoms with E-state index < -0.39 is 53.8 Å². The van der Waals surface area contributed by atoms with E-state index in [0.717, 1.165) is 36.3 Å². The minimum absolute atomic E-state index is 0.172. The number of hydrogen-bond donors (Lipinski definition) is 1. The molecule has 1 N–H and O–H groups in total. The zero-order valence-electron chi connectivity index (χ0n) is 15.1. The number of nitrogens with zero attached hydrogens (tertiary/aromatic N) is 2. The Morgan fingerprint density at radius 2 is 1.76 bits per heavy atom. The van der Waals surface area contributed by atoms with Gasteiger partial charge in [-0.2, -0.15) is 13.2 Å². The van der Waals surface area contributed by atoms with Crippen molar-refractivity contribution < 1.29 is 32.3 Å². The number of imide groups is 2. The molecule has 2 fully saturated rings. The van der Waals surface area contributed by atoms with Gasteiger partial charge in [0.2, 0.25) is 5.91 Å². The van der Waals surface area contributed by atoms with Gasteiger partial charge in [0.15, 0.2) is 0 Å². The summed E-state index contributed by atoms with van der Waals surface area (Å²) in [4.78, 5) is 50.4. The van der Waals surface area contributed by atoms with Crippen LogP contribution in [-0.2, 0) is 20.6 Å². The first kappa shape index (κ1) is 21.1. The molecule has 0 unspecified atom stereocenters. The van der Waals surface area contributed by atoms with Gasteiger partial charge in [0.05, 0.1) is 11.3 Å². The molecule has 3 rings (SSSR count). The summed E-state index contributed by atoms with van der Waals surface area (Å²) in [6.45, 7) is -0.869. The molecule has 1 heterocycles. The van der Waals surface area contributed by atoms with Crippen LogP contribution in [0, 0.1) is 0 Å². The Labute approximate surface area is 168 Å². The molecule has 1 saturated carbocycles. The summed E-state index contributed by atoms with van der Waals surface area (Å²) in [5.74, 6) is -3.22. The van der Waals surface area contributed by atoms with Crippen LogP contribution in [0.3, 0.4) is 0 Å². The maximum Gasteiger partial charge on any atom is 0.418 e. The minimum Gasteiger partial charge on any atom is -0.324 e. The fraction of sp³-hybridized carbons (Fsp3) is 0.444. The first-order valence-corrected chi connectivity index (χ1v) is 9.33. The molecule has 0 bridgehead atoms. The van der Waals surface area contributed by atoms with Crippen LogP contribution in [0.1, 0.15) is 37.7 Å². The molecule has 1 aliphatic carbocycles. The second kappa shape index (κ2) is 8.02. The van der Waals surface area contributed by atoms with Crippen LogP contribution in [0.25, 0.3) is 0 Å². The van der Waals surface area contributed by atoms with Crippen molar-refractivity contribution in [2.45, 2.75) is 44.3 Å². The molecule has 156 valence electrons. The van der Waals surface area contributed by atoms with Gasteiger partial charge in [-0.3, -0.25) is 19.3 Å². The molecule has 1 aromatic carbocycles. The molecular formula is C18H17ClF3N3O4. The third-order valence-electron chi connectivity index (χ3n) is 4.89. The number of halogens is 4. The number of carbonyl (C=O) groups is 4. The van der Waals surface area contributed by atoms with Crippen molar-refractivity contribution in [1.82, 2.24) is 9.80 Å². The highest BCUT2D eigenvalue weighted by Crippen LogP contribution is 2.36. The summed E-state index contributed by atoms with van der Waals surface area (Å²) < 4.78 is 39.4. The number of amides is 5. The summed E-state index contributed by atoms with van der Waals surface area (Å²) in [7, 11) is 0. The van der Waals surface area contributed by atoms with E-state index in [1.807, 2.05) is 5.32 Å². The molecule has 11 heteroatoms. The summed E-state index contributed by atoms with van der Waals surface area (Å²) in [5, 5.41) is 1.86. The molecule has 0 atom stereocenters. The van der Waals surface area contributed by atoms with Crippen molar-refractivity contribution in [3.63, 3.8) is 0 Å². The van der Waals surface area contributed by atoms with Gasteiger partial charge in [-0.1, -0.05) is 30.9 Å². The van der Waals surface area contributed by atoms with Crippen molar-refractivity contribution >= 4 is 41.0 Å². The van der Waals surface area contributed by atoms with E-state index >= 15 is 0 Å². The van der Waals surface area contributed by atoms with Gasteiger partial charge >= 0.3 is 24.0 Å².